The molecule has 0 saturated carbocycles. The van der Waals surface area contributed by atoms with Gasteiger partial charge in [0.05, 0.1) is 10.7 Å². The van der Waals surface area contributed by atoms with Crippen molar-refractivity contribution in [2.24, 2.45) is 7.05 Å². The van der Waals surface area contributed by atoms with E-state index in [1.54, 1.807) is 20.0 Å². The van der Waals surface area contributed by atoms with Crippen LogP contribution in [0, 0.1) is 12.7 Å². The third-order valence-electron chi connectivity index (χ3n) is 2.78. The average Bonchev–Trinajstić information content (AvgIpc) is 2.66. The molecule has 4 nitrogen and oxygen atoms in total. The number of benzene rings is 1. The zero-order valence-corrected chi connectivity index (χ0v) is 12.8. The number of anilines is 1. The molecule has 2 rings (SSSR count). The second kappa shape index (κ2) is 6.28. The minimum absolute atomic E-state index is 0.0528. The second-order valence-electron chi connectivity index (χ2n) is 4.36. The molecule has 0 aliphatic rings. The van der Waals surface area contributed by atoms with Gasteiger partial charge in [0.25, 0.3) is 0 Å². The number of halogens is 3. The Balaban J connectivity index is 2.11. The summed E-state index contributed by atoms with van der Waals surface area (Å²) in [6.45, 7) is 1.79. The first-order valence-corrected chi connectivity index (χ1v) is 6.77. The summed E-state index contributed by atoms with van der Waals surface area (Å²) in [4.78, 5) is 11.8. The Bertz CT molecular complexity index is 725. The largest absolute Gasteiger partial charge is 0.322 e. The predicted octanol–water partition coefficient (Wildman–Crippen LogP) is 3.83. The van der Waals surface area contributed by atoms with Crippen LogP contribution in [-0.4, -0.2) is 15.7 Å². The van der Waals surface area contributed by atoms with Gasteiger partial charge in [-0.25, -0.2) is 4.39 Å². The molecule has 110 valence electrons. The molecule has 1 aromatic heterocycles. The maximum Gasteiger partial charge on any atom is 0.248 e. The summed E-state index contributed by atoms with van der Waals surface area (Å²) >= 11 is 11.7. The van der Waals surface area contributed by atoms with Crippen molar-refractivity contribution in [2.45, 2.75) is 6.92 Å². The molecule has 1 aromatic carbocycles. The number of aromatic nitrogens is 2. The highest BCUT2D eigenvalue weighted by molar-refractivity contribution is 6.31. The lowest BCUT2D eigenvalue weighted by Crippen LogP contribution is -2.07. The molecule has 1 amide bonds. The Morgan fingerprint density at radius 1 is 1.43 bits per heavy atom. The number of nitrogens with zero attached hydrogens (tertiary/aromatic N) is 2. The minimum atomic E-state index is -0.539. The third-order valence-corrected chi connectivity index (χ3v) is 3.52. The molecule has 1 N–H and O–H groups in total. The lowest BCUT2D eigenvalue weighted by atomic mass is 10.2. The van der Waals surface area contributed by atoms with Crippen molar-refractivity contribution in [2.75, 3.05) is 5.32 Å². The fourth-order valence-corrected chi connectivity index (χ4v) is 2.17. The predicted molar refractivity (Wildman–Crippen MR) is 82.0 cm³/mol. The maximum absolute atomic E-state index is 13.0. The number of nitrogens with one attached hydrogen (secondary N) is 1. The second-order valence-corrected chi connectivity index (χ2v) is 5.13. The van der Waals surface area contributed by atoms with Gasteiger partial charge in [0.1, 0.15) is 11.0 Å². The summed E-state index contributed by atoms with van der Waals surface area (Å²) in [6, 6.07) is 3.95. The van der Waals surface area contributed by atoms with Crippen LogP contribution >= 0.6 is 23.2 Å². The Labute approximate surface area is 131 Å². The number of rotatable bonds is 3. The van der Waals surface area contributed by atoms with E-state index >= 15 is 0 Å². The Hall–Kier alpha value is -1.85. The molecular weight excluding hydrogens is 316 g/mol. The molecule has 0 spiro atoms. The van der Waals surface area contributed by atoms with Crippen molar-refractivity contribution in [3.8, 4) is 0 Å². The Kier molecular flexibility index (Phi) is 4.65. The minimum Gasteiger partial charge on any atom is -0.322 e. The van der Waals surface area contributed by atoms with Crippen LogP contribution in [0.15, 0.2) is 24.3 Å². The molecule has 1 heterocycles. The van der Waals surface area contributed by atoms with Crippen molar-refractivity contribution < 1.29 is 9.18 Å². The van der Waals surface area contributed by atoms with Crippen molar-refractivity contribution in [1.29, 1.82) is 0 Å². The van der Waals surface area contributed by atoms with E-state index in [-0.39, 0.29) is 10.9 Å². The Morgan fingerprint density at radius 2 is 2.14 bits per heavy atom. The van der Waals surface area contributed by atoms with Crippen LogP contribution < -0.4 is 5.32 Å². The molecule has 7 heteroatoms. The number of hydrogen-bond acceptors (Lipinski definition) is 2. The van der Waals surface area contributed by atoms with Crippen LogP contribution in [0.4, 0.5) is 10.1 Å². The first kappa shape index (κ1) is 15.5. The number of aryl methyl sites for hydroxylation is 2. The van der Waals surface area contributed by atoms with E-state index in [2.05, 4.69) is 10.4 Å². The molecule has 0 fully saturated rings. The van der Waals surface area contributed by atoms with E-state index in [1.165, 1.54) is 29.0 Å². The van der Waals surface area contributed by atoms with Gasteiger partial charge in [0.2, 0.25) is 5.91 Å². The summed E-state index contributed by atoms with van der Waals surface area (Å²) in [5.74, 6) is -0.917. The summed E-state index contributed by atoms with van der Waals surface area (Å²) in [5, 5.41) is 7.11. The highest BCUT2D eigenvalue weighted by Crippen LogP contribution is 2.21. The van der Waals surface area contributed by atoms with Gasteiger partial charge < -0.3 is 5.32 Å². The smallest absolute Gasteiger partial charge is 0.248 e. The SMILES string of the molecule is Cc1nn(C)c(Cl)c1/C=C/C(=O)Nc1ccc(F)c(Cl)c1. The summed E-state index contributed by atoms with van der Waals surface area (Å²) in [7, 11) is 1.72. The maximum atomic E-state index is 13.0. The van der Waals surface area contributed by atoms with Crippen molar-refractivity contribution >= 4 is 40.9 Å². The zero-order chi connectivity index (χ0) is 15.6. The molecular formula is C14H12Cl2FN3O. The van der Waals surface area contributed by atoms with Gasteiger partial charge in [-0.1, -0.05) is 23.2 Å². The molecule has 21 heavy (non-hydrogen) atoms. The number of hydrogen-bond donors (Lipinski definition) is 1. The first-order chi connectivity index (χ1) is 9.88. The van der Waals surface area contributed by atoms with Crippen LogP contribution in [0.25, 0.3) is 6.08 Å². The monoisotopic (exact) mass is 327 g/mol. The highest BCUT2D eigenvalue weighted by atomic mass is 35.5. The van der Waals surface area contributed by atoms with Crippen LogP contribution in [0.5, 0.6) is 0 Å². The van der Waals surface area contributed by atoms with Gasteiger partial charge in [-0.05, 0) is 31.2 Å². The lowest BCUT2D eigenvalue weighted by Gasteiger charge is -2.03. The molecule has 0 unspecified atom stereocenters. The van der Waals surface area contributed by atoms with Crippen molar-refractivity contribution in [3.05, 3.63) is 51.5 Å². The molecule has 0 radical (unpaired) electrons. The highest BCUT2D eigenvalue weighted by Gasteiger charge is 2.08. The van der Waals surface area contributed by atoms with E-state index in [0.717, 1.165) is 5.69 Å². The van der Waals surface area contributed by atoms with Gasteiger partial charge in [0.15, 0.2) is 0 Å². The zero-order valence-electron chi connectivity index (χ0n) is 11.3. The van der Waals surface area contributed by atoms with Crippen LogP contribution in [-0.2, 0) is 11.8 Å². The standard InChI is InChI=1S/C14H12Cl2FN3O/c1-8-10(14(16)20(2)19-8)4-6-13(21)18-9-3-5-12(17)11(15)7-9/h3-7H,1-2H3,(H,18,21)/b6-4+. The molecule has 0 aliphatic heterocycles. The van der Waals surface area contributed by atoms with Gasteiger partial charge in [-0.3, -0.25) is 9.48 Å². The first-order valence-electron chi connectivity index (χ1n) is 6.01. The van der Waals surface area contributed by atoms with E-state index < -0.39 is 5.82 Å². The van der Waals surface area contributed by atoms with Crippen molar-refractivity contribution in [1.82, 2.24) is 9.78 Å². The molecule has 0 bridgehead atoms. The van der Waals surface area contributed by atoms with Crippen LogP contribution in [0.3, 0.4) is 0 Å². The molecule has 2 aromatic rings. The number of carbonyl (C=O) groups excluding carboxylic acids is 1. The van der Waals surface area contributed by atoms with Crippen LogP contribution in [0.1, 0.15) is 11.3 Å². The summed E-state index contributed by atoms with van der Waals surface area (Å²) < 4.78 is 14.5. The molecule has 0 aliphatic carbocycles. The van der Waals surface area contributed by atoms with E-state index in [1.807, 2.05) is 0 Å². The number of carbonyl (C=O) groups is 1. The fraction of sp³-hybridized carbons (Fsp3) is 0.143. The van der Waals surface area contributed by atoms with Gasteiger partial charge in [0, 0.05) is 24.4 Å². The third kappa shape index (κ3) is 3.62. The summed E-state index contributed by atoms with van der Waals surface area (Å²) in [6.07, 6.45) is 2.90. The number of amides is 1. The normalized spacial score (nSPS) is 11.1. The molecule has 0 saturated heterocycles. The topological polar surface area (TPSA) is 46.9 Å². The average molecular weight is 328 g/mol. The van der Waals surface area contributed by atoms with E-state index in [9.17, 15) is 9.18 Å². The lowest BCUT2D eigenvalue weighted by molar-refractivity contribution is -0.111. The Morgan fingerprint density at radius 3 is 2.71 bits per heavy atom. The summed E-state index contributed by atoms with van der Waals surface area (Å²) in [5.41, 5.74) is 1.80. The van der Waals surface area contributed by atoms with Gasteiger partial charge in [-0.2, -0.15) is 5.10 Å². The quantitative estimate of drug-likeness (QED) is 0.871. The van der Waals surface area contributed by atoms with Gasteiger partial charge in [-0.15, -0.1) is 0 Å². The van der Waals surface area contributed by atoms with Crippen LogP contribution in [0.2, 0.25) is 10.2 Å². The van der Waals surface area contributed by atoms with Gasteiger partial charge >= 0.3 is 0 Å². The van der Waals surface area contributed by atoms with Crippen molar-refractivity contribution in [3.63, 3.8) is 0 Å². The fourth-order valence-electron chi connectivity index (χ4n) is 1.75. The van der Waals surface area contributed by atoms with E-state index in [0.29, 0.717) is 16.4 Å². The molecule has 0 atom stereocenters. The van der Waals surface area contributed by atoms with E-state index in [4.69, 9.17) is 23.2 Å².